The van der Waals surface area contributed by atoms with Gasteiger partial charge in [-0.2, -0.15) is 13.2 Å². The van der Waals surface area contributed by atoms with E-state index >= 15 is 0 Å². The molecule has 0 radical (unpaired) electrons. The quantitative estimate of drug-likeness (QED) is 0.341. The van der Waals surface area contributed by atoms with Crippen LogP contribution in [-0.4, -0.2) is 27.6 Å². The number of aromatic nitrogens is 3. The molecule has 11 heteroatoms. The maximum absolute atomic E-state index is 12.8. The number of nitrogens with zero attached hydrogens (tertiary/aromatic N) is 4. The van der Waals surface area contributed by atoms with Crippen LogP contribution in [0.5, 0.6) is 0 Å². The minimum absolute atomic E-state index is 0. The fraction of sp³-hybridized carbons (Fsp3) is 0.267. The molecule has 0 saturated heterocycles. The standard InChI is InChI=1S/C15H15F3N6O.HI/c1-19-14(20-7-11-3-2-6-25-11)21-8-13-23-22-12-5-4-10(9-24(12)13)15(16,17)18;/h2-6,9H,7-8H2,1H3,(H2,19,20,21);1H. The van der Waals surface area contributed by atoms with Gasteiger partial charge in [0.05, 0.1) is 24.9 Å². The topological polar surface area (TPSA) is 79.8 Å². The Hall–Kier alpha value is -2.31. The van der Waals surface area contributed by atoms with Crippen LogP contribution in [0.15, 0.2) is 46.1 Å². The van der Waals surface area contributed by atoms with Gasteiger partial charge in [0.1, 0.15) is 5.76 Å². The Bertz CT molecular complexity index is 875. The highest BCUT2D eigenvalue weighted by Crippen LogP contribution is 2.29. The zero-order valence-electron chi connectivity index (χ0n) is 13.6. The van der Waals surface area contributed by atoms with Crippen molar-refractivity contribution in [2.75, 3.05) is 7.05 Å². The molecule has 0 saturated carbocycles. The van der Waals surface area contributed by atoms with Crippen LogP contribution in [0, 0.1) is 0 Å². The Morgan fingerprint density at radius 2 is 1.96 bits per heavy atom. The molecule has 0 aliphatic carbocycles. The first kappa shape index (κ1) is 20.0. The normalized spacial score (nSPS) is 12.1. The highest BCUT2D eigenvalue weighted by Gasteiger charge is 2.31. The summed E-state index contributed by atoms with van der Waals surface area (Å²) in [6.07, 6.45) is -1.89. The fourth-order valence-corrected chi connectivity index (χ4v) is 2.19. The van der Waals surface area contributed by atoms with Crippen LogP contribution >= 0.6 is 24.0 Å². The second kappa shape index (κ2) is 8.38. The van der Waals surface area contributed by atoms with Gasteiger partial charge in [0.25, 0.3) is 0 Å². The summed E-state index contributed by atoms with van der Waals surface area (Å²) in [5.74, 6) is 1.52. The maximum Gasteiger partial charge on any atom is 0.417 e. The van der Waals surface area contributed by atoms with E-state index in [1.807, 2.05) is 6.07 Å². The minimum Gasteiger partial charge on any atom is -0.467 e. The summed E-state index contributed by atoms with van der Waals surface area (Å²) in [6, 6.07) is 5.84. The van der Waals surface area contributed by atoms with Crippen LogP contribution < -0.4 is 10.6 Å². The molecule has 2 N–H and O–H groups in total. The number of furan rings is 1. The van der Waals surface area contributed by atoms with Crippen molar-refractivity contribution >= 4 is 35.6 Å². The highest BCUT2D eigenvalue weighted by molar-refractivity contribution is 14.0. The molecule has 0 unspecified atom stereocenters. The van der Waals surface area contributed by atoms with E-state index in [1.54, 1.807) is 19.4 Å². The average molecular weight is 480 g/mol. The third kappa shape index (κ3) is 4.65. The first-order valence-corrected chi connectivity index (χ1v) is 7.35. The molecule has 7 nitrogen and oxygen atoms in total. The van der Waals surface area contributed by atoms with E-state index in [4.69, 9.17) is 4.42 Å². The Labute approximate surface area is 163 Å². The largest absolute Gasteiger partial charge is 0.467 e. The second-order valence-corrected chi connectivity index (χ2v) is 5.12. The summed E-state index contributed by atoms with van der Waals surface area (Å²) in [7, 11) is 1.58. The molecule has 3 heterocycles. The average Bonchev–Trinajstić information content (AvgIpc) is 3.23. The second-order valence-electron chi connectivity index (χ2n) is 5.12. The third-order valence-corrected chi connectivity index (χ3v) is 3.45. The molecule has 0 aliphatic rings. The first-order valence-electron chi connectivity index (χ1n) is 7.35. The number of rotatable bonds is 4. The van der Waals surface area contributed by atoms with Crippen LogP contribution in [0.25, 0.3) is 5.65 Å². The molecule has 0 spiro atoms. The molecule has 3 rings (SSSR count). The molecule has 0 aliphatic heterocycles. The van der Waals surface area contributed by atoms with Crippen molar-refractivity contribution in [3.63, 3.8) is 0 Å². The van der Waals surface area contributed by atoms with E-state index < -0.39 is 11.7 Å². The molecule has 3 aromatic rings. The van der Waals surface area contributed by atoms with Crippen LogP contribution in [-0.2, 0) is 19.3 Å². The van der Waals surface area contributed by atoms with Gasteiger partial charge in [0, 0.05) is 13.2 Å². The van der Waals surface area contributed by atoms with E-state index in [0.717, 1.165) is 18.0 Å². The smallest absolute Gasteiger partial charge is 0.417 e. The van der Waals surface area contributed by atoms with Gasteiger partial charge in [-0.1, -0.05) is 0 Å². The van der Waals surface area contributed by atoms with E-state index in [1.165, 1.54) is 10.5 Å². The van der Waals surface area contributed by atoms with Crippen molar-refractivity contribution in [3.05, 3.63) is 53.9 Å². The maximum atomic E-state index is 12.8. The Morgan fingerprint density at radius 1 is 1.19 bits per heavy atom. The lowest BCUT2D eigenvalue weighted by Crippen LogP contribution is -2.36. The molecule has 140 valence electrons. The molecule has 26 heavy (non-hydrogen) atoms. The Balaban J connectivity index is 0.00000243. The highest BCUT2D eigenvalue weighted by atomic mass is 127. The number of nitrogens with one attached hydrogen (secondary N) is 2. The fourth-order valence-electron chi connectivity index (χ4n) is 2.19. The van der Waals surface area contributed by atoms with E-state index in [9.17, 15) is 13.2 Å². The van der Waals surface area contributed by atoms with Crippen LogP contribution in [0.2, 0.25) is 0 Å². The number of alkyl halides is 3. The molecular weight excluding hydrogens is 464 g/mol. The monoisotopic (exact) mass is 480 g/mol. The summed E-state index contributed by atoms with van der Waals surface area (Å²) in [5, 5.41) is 13.8. The summed E-state index contributed by atoms with van der Waals surface area (Å²) in [5.41, 5.74) is -0.426. The van der Waals surface area contributed by atoms with E-state index in [0.29, 0.717) is 24.0 Å². The summed E-state index contributed by atoms with van der Waals surface area (Å²) in [4.78, 5) is 4.04. The Morgan fingerprint density at radius 3 is 2.62 bits per heavy atom. The summed E-state index contributed by atoms with van der Waals surface area (Å²) >= 11 is 0. The van der Waals surface area contributed by atoms with Crippen LogP contribution in [0.4, 0.5) is 13.2 Å². The Kier molecular flexibility index (Phi) is 6.45. The van der Waals surface area contributed by atoms with Gasteiger partial charge in [-0.25, -0.2) is 0 Å². The van der Waals surface area contributed by atoms with Crippen molar-refractivity contribution in [2.45, 2.75) is 19.3 Å². The van der Waals surface area contributed by atoms with Gasteiger partial charge in [0.15, 0.2) is 17.4 Å². The van der Waals surface area contributed by atoms with Crippen molar-refractivity contribution in [2.24, 2.45) is 4.99 Å². The van der Waals surface area contributed by atoms with Gasteiger partial charge in [-0.3, -0.25) is 9.39 Å². The van der Waals surface area contributed by atoms with Gasteiger partial charge in [0.2, 0.25) is 0 Å². The SMILES string of the molecule is CN=C(NCc1ccco1)NCc1nnc2ccc(C(F)(F)F)cn12.I. The number of hydrogen-bond donors (Lipinski definition) is 2. The number of guanidine groups is 1. The number of halogens is 4. The van der Waals surface area contributed by atoms with Crippen molar-refractivity contribution < 1.29 is 17.6 Å². The predicted molar refractivity (Wildman–Crippen MR) is 99.2 cm³/mol. The summed E-state index contributed by atoms with van der Waals surface area (Å²) in [6.45, 7) is 0.575. The molecule has 0 atom stereocenters. The van der Waals surface area contributed by atoms with Gasteiger partial charge in [-0.15, -0.1) is 34.2 Å². The molecular formula is C15H16F3IN6O. The molecule has 0 amide bonds. The molecule has 3 aromatic heterocycles. The molecule has 0 fully saturated rings. The number of fused-ring (bicyclic) bond motifs is 1. The molecule has 0 bridgehead atoms. The first-order chi connectivity index (χ1) is 12.0. The zero-order valence-corrected chi connectivity index (χ0v) is 15.9. The van der Waals surface area contributed by atoms with Crippen molar-refractivity contribution in [1.29, 1.82) is 0 Å². The van der Waals surface area contributed by atoms with Crippen molar-refractivity contribution in [3.8, 4) is 0 Å². The zero-order chi connectivity index (χ0) is 17.9. The van der Waals surface area contributed by atoms with Gasteiger partial charge < -0.3 is 15.1 Å². The van der Waals surface area contributed by atoms with Crippen LogP contribution in [0.3, 0.4) is 0 Å². The minimum atomic E-state index is -4.43. The van der Waals surface area contributed by atoms with Gasteiger partial charge >= 0.3 is 6.18 Å². The third-order valence-electron chi connectivity index (χ3n) is 3.45. The lowest BCUT2D eigenvalue weighted by Gasteiger charge is -2.11. The van der Waals surface area contributed by atoms with E-state index in [2.05, 4.69) is 25.8 Å². The number of pyridine rings is 1. The number of aliphatic imine (C=N–C) groups is 1. The lowest BCUT2D eigenvalue weighted by molar-refractivity contribution is -0.137. The summed E-state index contributed by atoms with van der Waals surface area (Å²) < 4.78 is 45.1. The van der Waals surface area contributed by atoms with Crippen molar-refractivity contribution in [1.82, 2.24) is 25.2 Å². The predicted octanol–water partition coefficient (Wildman–Crippen LogP) is 2.82. The van der Waals surface area contributed by atoms with Gasteiger partial charge in [-0.05, 0) is 24.3 Å². The lowest BCUT2D eigenvalue weighted by atomic mass is 10.3. The number of hydrogen-bond acceptors (Lipinski definition) is 4. The van der Waals surface area contributed by atoms with E-state index in [-0.39, 0.29) is 30.5 Å². The molecule has 0 aromatic carbocycles. The van der Waals surface area contributed by atoms with Crippen LogP contribution in [0.1, 0.15) is 17.1 Å².